The third-order valence-corrected chi connectivity index (χ3v) is 6.08. The van der Waals surface area contributed by atoms with Crippen molar-refractivity contribution in [2.45, 2.75) is 63.5 Å². The average Bonchev–Trinajstić information content (AvgIpc) is 2.68. The van der Waals surface area contributed by atoms with Crippen molar-refractivity contribution in [2.24, 2.45) is 0 Å². The molecule has 0 unspecified atom stereocenters. The van der Waals surface area contributed by atoms with E-state index < -0.39 is 17.9 Å². The maximum absolute atomic E-state index is 12.3. The number of benzene rings is 1. The van der Waals surface area contributed by atoms with Gasteiger partial charge in [-0.3, -0.25) is 9.59 Å². The lowest BCUT2D eigenvalue weighted by Crippen LogP contribution is -2.57. The number of alkyl carbamates (subject to hydrolysis) is 1. The molecule has 1 aliphatic heterocycles. The highest BCUT2D eigenvalue weighted by Crippen LogP contribution is 2.42. The Labute approximate surface area is 182 Å². The second-order valence-electron chi connectivity index (χ2n) is 9.23. The van der Waals surface area contributed by atoms with E-state index in [1.807, 2.05) is 45.0 Å². The molecule has 164 valence electrons. The van der Waals surface area contributed by atoms with Gasteiger partial charge in [0.15, 0.2) is 0 Å². The van der Waals surface area contributed by atoms with E-state index in [9.17, 15) is 14.4 Å². The minimum absolute atomic E-state index is 0.0132. The summed E-state index contributed by atoms with van der Waals surface area (Å²) in [6, 6.07) is 7.67. The van der Waals surface area contributed by atoms with E-state index in [0.29, 0.717) is 18.1 Å². The van der Waals surface area contributed by atoms with Gasteiger partial charge in [0.1, 0.15) is 6.61 Å². The summed E-state index contributed by atoms with van der Waals surface area (Å²) in [4.78, 5) is 38.0. The van der Waals surface area contributed by atoms with Crippen molar-refractivity contribution in [1.29, 1.82) is 0 Å². The minimum Gasteiger partial charge on any atom is -0.449 e. The monoisotopic (exact) mass is 435 g/mol. The second-order valence-corrected chi connectivity index (χ2v) is 9.66. The van der Waals surface area contributed by atoms with E-state index in [-0.39, 0.29) is 23.6 Å². The van der Waals surface area contributed by atoms with E-state index in [1.165, 1.54) is 0 Å². The van der Waals surface area contributed by atoms with Crippen LogP contribution >= 0.6 is 11.6 Å². The molecule has 1 aliphatic carbocycles. The first-order chi connectivity index (χ1) is 14.1. The Balaban J connectivity index is 1.74. The molecule has 0 aromatic heterocycles. The molecule has 3 rings (SSSR count). The van der Waals surface area contributed by atoms with Crippen molar-refractivity contribution in [3.8, 4) is 0 Å². The topological polar surface area (TPSA) is 87.7 Å². The van der Waals surface area contributed by atoms with Gasteiger partial charge in [0.05, 0.1) is 0 Å². The predicted molar refractivity (Wildman–Crippen MR) is 114 cm³/mol. The predicted octanol–water partition coefficient (Wildman–Crippen LogP) is 3.00. The molecule has 0 spiro atoms. The van der Waals surface area contributed by atoms with Gasteiger partial charge in [-0.05, 0) is 64.2 Å². The fraction of sp³-hybridized carbons (Fsp3) is 0.591. The van der Waals surface area contributed by atoms with E-state index >= 15 is 0 Å². The van der Waals surface area contributed by atoms with E-state index in [2.05, 4.69) is 10.6 Å². The number of nitrogens with zero attached hydrogens (tertiary/aromatic N) is 1. The molecule has 1 aromatic carbocycles. The van der Waals surface area contributed by atoms with Crippen LogP contribution in [-0.2, 0) is 19.7 Å². The lowest BCUT2D eigenvalue weighted by atomic mass is 9.68. The van der Waals surface area contributed by atoms with Gasteiger partial charge in [-0.25, -0.2) is 4.79 Å². The summed E-state index contributed by atoms with van der Waals surface area (Å²) >= 11 is 6.24. The molecular formula is C22H30ClN3O4. The molecule has 30 heavy (non-hydrogen) atoms. The van der Waals surface area contributed by atoms with Crippen LogP contribution in [0.4, 0.5) is 4.79 Å². The smallest absolute Gasteiger partial charge is 0.407 e. The highest BCUT2D eigenvalue weighted by atomic mass is 35.5. The number of halogens is 1. The van der Waals surface area contributed by atoms with E-state index in [1.54, 1.807) is 4.90 Å². The summed E-state index contributed by atoms with van der Waals surface area (Å²) in [5.41, 5.74) is 0.268. The van der Waals surface area contributed by atoms with Crippen molar-refractivity contribution in [2.75, 3.05) is 19.7 Å². The van der Waals surface area contributed by atoms with Gasteiger partial charge in [-0.1, -0.05) is 23.7 Å². The zero-order valence-corrected chi connectivity index (χ0v) is 18.6. The van der Waals surface area contributed by atoms with Crippen LogP contribution in [0, 0.1) is 0 Å². The Kier molecular flexibility index (Phi) is 6.60. The molecule has 2 fully saturated rings. The molecule has 1 aromatic rings. The van der Waals surface area contributed by atoms with Crippen LogP contribution in [0.15, 0.2) is 24.3 Å². The lowest BCUT2D eigenvalue weighted by molar-refractivity contribution is -0.150. The van der Waals surface area contributed by atoms with Crippen LogP contribution in [0.2, 0.25) is 5.02 Å². The van der Waals surface area contributed by atoms with Gasteiger partial charge in [0.2, 0.25) is 0 Å². The summed E-state index contributed by atoms with van der Waals surface area (Å²) in [7, 11) is 0. The molecule has 1 heterocycles. The minimum atomic E-state index is -0.532. The Morgan fingerprint density at radius 2 is 2.00 bits per heavy atom. The molecule has 1 saturated heterocycles. The van der Waals surface area contributed by atoms with Crippen LogP contribution in [-0.4, -0.2) is 54.1 Å². The Morgan fingerprint density at radius 3 is 2.63 bits per heavy atom. The molecule has 0 bridgehead atoms. The molecule has 7 nitrogen and oxygen atoms in total. The quantitative estimate of drug-likeness (QED) is 0.711. The van der Waals surface area contributed by atoms with Gasteiger partial charge in [-0.2, -0.15) is 0 Å². The fourth-order valence-electron chi connectivity index (χ4n) is 4.29. The Morgan fingerprint density at radius 1 is 1.30 bits per heavy atom. The van der Waals surface area contributed by atoms with E-state index in [0.717, 1.165) is 31.2 Å². The molecule has 0 atom stereocenters. The number of hydrogen-bond donors (Lipinski definition) is 2. The molecule has 0 radical (unpaired) electrons. The van der Waals surface area contributed by atoms with Gasteiger partial charge in [0.25, 0.3) is 0 Å². The summed E-state index contributed by atoms with van der Waals surface area (Å²) in [6.07, 6.45) is 2.47. The largest absolute Gasteiger partial charge is 0.449 e. The first kappa shape index (κ1) is 22.4. The molecule has 8 heteroatoms. The number of carbonyl (C=O) groups excluding carboxylic acids is 3. The van der Waals surface area contributed by atoms with Gasteiger partial charge < -0.3 is 20.3 Å². The lowest BCUT2D eigenvalue weighted by Gasteiger charge is -2.44. The highest BCUT2D eigenvalue weighted by Gasteiger charge is 2.42. The van der Waals surface area contributed by atoms with Crippen molar-refractivity contribution in [3.63, 3.8) is 0 Å². The summed E-state index contributed by atoms with van der Waals surface area (Å²) < 4.78 is 5.64. The third kappa shape index (κ3) is 5.25. The summed E-state index contributed by atoms with van der Waals surface area (Å²) in [6.45, 7) is 6.95. The fourth-order valence-corrected chi connectivity index (χ4v) is 4.48. The standard InChI is InChI=1S/C22H30ClN3O4/c1-21(2,3)25-20(29)30-14-22(15-5-4-6-16(23)13-15)9-7-17(8-10-22)26-12-11-24-18(27)19(26)28/h4-6,13,17H,7-12,14H2,1-3H3,(H,24,27)(H,25,29). The SMILES string of the molecule is CC(C)(C)NC(=O)OCC1(c2cccc(Cl)c2)CCC(N2CCNC(=O)C2=O)CC1. The van der Waals surface area contributed by atoms with Gasteiger partial charge in [0, 0.05) is 35.1 Å². The maximum Gasteiger partial charge on any atom is 0.407 e. The summed E-state index contributed by atoms with van der Waals surface area (Å²) in [5, 5.41) is 6.05. The highest BCUT2D eigenvalue weighted by molar-refractivity contribution is 6.35. The average molecular weight is 436 g/mol. The molecule has 3 amide bonds. The van der Waals surface area contributed by atoms with Crippen LogP contribution < -0.4 is 10.6 Å². The van der Waals surface area contributed by atoms with Gasteiger partial charge >= 0.3 is 17.9 Å². The van der Waals surface area contributed by atoms with Crippen molar-refractivity contribution in [1.82, 2.24) is 15.5 Å². The Hall–Kier alpha value is -2.28. The van der Waals surface area contributed by atoms with Crippen molar-refractivity contribution < 1.29 is 19.1 Å². The number of rotatable bonds is 4. The molecular weight excluding hydrogens is 406 g/mol. The van der Waals surface area contributed by atoms with Crippen LogP contribution in [0.25, 0.3) is 0 Å². The zero-order chi connectivity index (χ0) is 21.9. The van der Waals surface area contributed by atoms with E-state index in [4.69, 9.17) is 16.3 Å². The number of ether oxygens (including phenoxy) is 1. The normalized spacial score (nSPS) is 24.9. The van der Waals surface area contributed by atoms with Crippen LogP contribution in [0.5, 0.6) is 0 Å². The first-order valence-corrected chi connectivity index (χ1v) is 10.8. The number of nitrogens with one attached hydrogen (secondary N) is 2. The van der Waals surface area contributed by atoms with Crippen molar-refractivity contribution >= 4 is 29.5 Å². The third-order valence-electron chi connectivity index (χ3n) is 5.84. The Bertz CT molecular complexity index is 813. The molecule has 2 aliphatic rings. The number of piperazine rings is 1. The summed E-state index contributed by atoms with van der Waals surface area (Å²) in [5.74, 6) is -0.988. The van der Waals surface area contributed by atoms with Gasteiger partial charge in [-0.15, -0.1) is 0 Å². The van der Waals surface area contributed by atoms with Crippen LogP contribution in [0.1, 0.15) is 52.0 Å². The maximum atomic E-state index is 12.3. The first-order valence-electron chi connectivity index (χ1n) is 10.4. The van der Waals surface area contributed by atoms with Crippen LogP contribution in [0.3, 0.4) is 0 Å². The number of hydrogen-bond acceptors (Lipinski definition) is 4. The second kappa shape index (κ2) is 8.84. The zero-order valence-electron chi connectivity index (χ0n) is 17.8. The van der Waals surface area contributed by atoms with Crippen molar-refractivity contribution in [3.05, 3.63) is 34.9 Å². The number of amides is 3. The molecule has 1 saturated carbocycles. The number of carbonyl (C=O) groups is 3. The molecule has 2 N–H and O–H groups in total.